The molecule has 1 aromatic rings. The summed E-state index contributed by atoms with van der Waals surface area (Å²) >= 11 is 5.78. The Morgan fingerprint density at radius 2 is 2.17 bits per heavy atom. The molecule has 0 aromatic heterocycles. The highest BCUT2D eigenvalue weighted by atomic mass is 35.5. The fourth-order valence-corrected chi connectivity index (χ4v) is 2.29. The van der Waals surface area contributed by atoms with Gasteiger partial charge in [0.2, 0.25) is 0 Å². The van der Waals surface area contributed by atoms with Gasteiger partial charge in [-0.1, -0.05) is 17.7 Å². The first-order valence-electron chi connectivity index (χ1n) is 5.61. The van der Waals surface area contributed by atoms with Crippen LogP contribution in [0.3, 0.4) is 0 Å². The van der Waals surface area contributed by atoms with Crippen molar-refractivity contribution in [2.24, 2.45) is 0 Å². The lowest BCUT2D eigenvalue weighted by Gasteiger charge is -2.12. The van der Waals surface area contributed by atoms with Crippen LogP contribution >= 0.6 is 11.6 Å². The molecule has 0 amide bonds. The first-order valence-corrected chi connectivity index (χ1v) is 8.05. The average Bonchev–Trinajstić information content (AvgIpc) is 2.25. The smallest absolute Gasteiger partial charge is 0.147 e. The molecule has 18 heavy (non-hydrogen) atoms. The zero-order chi connectivity index (χ0) is 13.6. The molecule has 0 saturated heterocycles. The van der Waals surface area contributed by atoms with Crippen LogP contribution in [-0.2, 0) is 9.84 Å². The van der Waals surface area contributed by atoms with E-state index in [9.17, 15) is 13.5 Å². The molecule has 0 spiro atoms. The Hall–Kier alpha value is -0.780. The van der Waals surface area contributed by atoms with E-state index in [2.05, 4.69) is 0 Å². The van der Waals surface area contributed by atoms with Gasteiger partial charge < -0.3 is 9.84 Å². The monoisotopic (exact) mass is 292 g/mol. The van der Waals surface area contributed by atoms with Crippen molar-refractivity contribution in [1.82, 2.24) is 0 Å². The maximum absolute atomic E-state index is 10.9. The van der Waals surface area contributed by atoms with Crippen LogP contribution in [0.15, 0.2) is 24.3 Å². The van der Waals surface area contributed by atoms with Crippen molar-refractivity contribution in [3.63, 3.8) is 0 Å². The maximum atomic E-state index is 10.9. The molecule has 1 unspecified atom stereocenters. The molecule has 102 valence electrons. The standard InChI is InChI=1S/C12H17ClO4S/c1-18(15,16)7-3-5-11(14)9-17-12-6-2-4-10(13)8-12/h2,4,6,8,11,14H,3,5,7,9H2,1H3. The molecular formula is C12H17ClO4S. The first kappa shape index (κ1) is 15.3. The zero-order valence-corrected chi connectivity index (χ0v) is 11.7. The number of hydrogen-bond donors (Lipinski definition) is 1. The molecule has 0 bridgehead atoms. The number of halogens is 1. The predicted octanol–water partition coefficient (Wildman–Crippen LogP) is 1.90. The third kappa shape index (κ3) is 6.83. The number of aliphatic hydroxyl groups is 1. The van der Waals surface area contributed by atoms with Crippen LogP contribution in [0.5, 0.6) is 5.75 Å². The van der Waals surface area contributed by atoms with Crippen molar-refractivity contribution in [3.05, 3.63) is 29.3 Å². The molecule has 0 radical (unpaired) electrons. The van der Waals surface area contributed by atoms with Crippen LogP contribution in [0, 0.1) is 0 Å². The van der Waals surface area contributed by atoms with Gasteiger partial charge in [-0.3, -0.25) is 0 Å². The first-order chi connectivity index (χ1) is 8.37. The molecule has 1 aromatic carbocycles. The van der Waals surface area contributed by atoms with Gasteiger partial charge in [0.15, 0.2) is 0 Å². The van der Waals surface area contributed by atoms with Gasteiger partial charge in [0.25, 0.3) is 0 Å². The number of benzene rings is 1. The molecule has 0 fully saturated rings. The largest absolute Gasteiger partial charge is 0.491 e. The molecule has 0 aliphatic carbocycles. The average molecular weight is 293 g/mol. The lowest BCUT2D eigenvalue weighted by Crippen LogP contribution is -2.18. The van der Waals surface area contributed by atoms with Crippen molar-refractivity contribution in [2.75, 3.05) is 18.6 Å². The minimum Gasteiger partial charge on any atom is -0.491 e. The zero-order valence-electron chi connectivity index (χ0n) is 10.2. The summed E-state index contributed by atoms with van der Waals surface area (Å²) in [5.41, 5.74) is 0. The third-order valence-electron chi connectivity index (χ3n) is 2.29. The summed E-state index contributed by atoms with van der Waals surface area (Å²) in [6, 6.07) is 6.89. The molecule has 1 N–H and O–H groups in total. The highest BCUT2D eigenvalue weighted by Crippen LogP contribution is 2.17. The van der Waals surface area contributed by atoms with Gasteiger partial charge in [-0.2, -0.15) is 0 Å². The van der Waals surface area contributed by atoms with Gasteiger partial charge >= 0.3 is 0 Å². The van der Waals surface area contributed by atoms with Gasteiger partial charge in [0, 0.05) is 17.0 Å². The number of aliphatic hydroxyl groups excluding tert-OH is 1. The molecule has 1 atom stereocenters. The van der Waals surface area contributed by atoms with Crippen molar-refractivity contribution < 1.29 is 18.3 Å². The number of ether oxygens (including phenoxy) is 1. The Balaban J connectivity index is 2.27. The Bertz CT molecular complexity index is 473. The molecule has 1 rings (SSSR count). The summed E-state index contributed by atoms with van der Waals surface area (Å²) in [7, 11) is -2.96. The normalized spacial score (nSPS) is 13.3. The molecular weight excluding hydrogens is 276 g/mol. The lowest BCUT2D eigenvalue weighted by atomic mass is 10.2. The van der Waals surface area contributed by atoms with E-state index in [0.717, 1.165) is 0 Å². The molecule has 6 heteroatoms. The maximum Gasteiger partial charge on any atom is 0.147 e. The van der Waals surface area contributed by atoms with E-state index in [1.54, 1.807) is 24.3 Å². The van der Waals surface area contributed by atoms with Gasteiger partial charge in [-0.15, -0.1) is 0 Å². The van der Waals surface area contributed by atoms with Gasteiger partial charge in [-0.25, -0.2) is 8.42 Å². The predicted molar refractivity (Wildman–Crippen MR) is 71.9 cm³/mol. The van der Waals surface area contributed by atoms with E-state index in [4.69, 9.17) is 16.3 Å². The number of rotatable bonds is 7. The van der Waals surface area contributed by atoms with Gasteiger partial charge in [0.1, 0.15) is 22.2 Å². The van der Waals surface area contributed by atoms with Crippen LogP contribution < -0.4 is 4.74 Å². The van der Waals surface area contributed by atoms with Crippen LogP contribution in [0.2, 0.25) is 5.02 Å². The van der Waals surface area contributed by atoms with E-state index < -0.39 is 15.9 Å². The third-order valence-corrected chi connectivity index (χ3v) is 3.56. The van der Waals surface area contributed by atoms with E-state index in [0.29, 0.717) is 23.6 Å². The second-order valence-electron chi connectivity index (χ2n) is 4.19. The Kier molecular flexibility index (Phi) is 5.91. The Labute approximate surface area is 112 Å². The summed E-state index contributed by atoms with van der Waals surface area (Å²) < 4.78 is 27.2. The quantitative estimate of drug-likeness (QED) is 0.834. The van der Waals surface area contributed by atoms with Crippen molar-refractivity contribution in [1.29, 1.82) is 0 Å². The second-order valence-corrected chi connectivity index (χ2v) is 6.89. The fourth-order valence-electron chi connectivity index (χ4n) is 1.41. The van der Waals surface area contributed by atoms with Crippen LogP contribution in [0.25, 0.3) is 0 Å². The van der Waals surface area contributed by atoms with Gasteiger partial charge in [-0.05, 0) is 31.0 Å². The van der Waals surface area contributed by atoms with E-state index in [1.807, 2.05) is 0 Å². The SMILES string of the molecule is CS(=O)(=O)CCCC(O)COc1cccc(Cl)c1. The molecule has 0 aliphatic rings. The van der Waals surface area contributed by atoms with Gasteiger partial charge in [0.05, 0.1) is 6.10 Å². The number of sulfone groups is 1. The highest BCUT2D eigenvalue weighted by molar-refractivity contribution is 7.90. The van der Waals surface area contributed by atoms with Crippen LogP contribution in [0.4, 0.5) is 0 Å². The minimum absolute atomic E-state index is 0.0845. The van der Waals surface area contributed by atoms with Crippen LogP contribution in [0.1, 0.15) is 12.8 Å². The molecule has 4 nitrogen and oxygen atoms in total. The fraction of sp³-hybridized carbons (Fsp3) is 0.500. The van der Waals surface area contributed by atoms with Crippen molar-refractivity contribution in [3.8, 4) is 5.75 Å². The summed E-state index contributed by atoms with van der Waals surface area (Å²) in [5, 5.41) is 10.2. The minimum atomic E-state index is -2.96. The Morgan fingerprint density at radius 1 is 1.44 bits per heavy atom. The van der Waals surface area contributed by atoms with E-state index >= 15 is 0 Å². The summed E-state index contributed by atoms with van der Waals surface area (Å²) in [5.74, 6) is 0.672. The lowest BCUT2D eigenvalue weighted by molar-refractivity contribution is 0.0995. The highest BCUT2D eigenvalue weighted by Gasteiger charge is 2.08. The topological polar surface area (TPSA) is 63.6 Å². The summed E-state index contributed by atoms with van der Waals surface area (Å²) in [6.45, 7) is 0.129. The molecule has 0 saturated carbocycles. The second kappa shape index (κ2) is 6.97. The number of hydrogen-bond acceptors (Lipinski definition) is 4. The van der Waals surface area contributed by atoms with E-state index in [1.165, 1.54) is 6.26 Å². The van der Waals surface area contributed by atoms with Crippen molar-refractivity contribution in [2.45, 2.75) is 18.9 Å². The summed E-state index contributed by atoms with van der Waals surface area (Å²) in [4.78, 5) is 0. The Morgan fingerprint density at radius 3 is 2.78 bits per heavy atom. The van der Waals surface area contributed by atoms with E-state index in [-0.39, 0.29) is 12.4 Å². The molecule has 0 aliphatic heterocycles. The van der Waals surface area contributed by atoms with Crippen molar-refractivity contribution >= 4 is 21.4 Å². The molecule has 0 heterocycles. The van der Waals surface area contributed by atoms with Crippen LogP contribution in [-0.4, -0.2) is 38.2 Å². The summed E-state index contributed by atoms with van der Waals surface area (Å²) in [6.07, 6.45) is 1.33.